The molecule has 0 unspecified atom stereocenters. The number of methoxy groups -OCH3 is 1. The van der Waals surface area contributed by atoms with Gasteiger partial charge in [-0.15, -0.1) is 0 Å². The van der Waals surface area contributed by atoms with Crippen LogP contribution in [0.1, 0.15) is 32.8 Å². The van der Waals surface area contributed by atoms with Crippen molar-refractivity contribution in [1.29, 1.82) is 0 Å². The van der Waals surface area contributed by atoms with Crippen molar-refractivity contribution in [2.24, 2.45) is 5.41 Å². The van der Waals surface area contributed by atoms with Crippen molar-refractivity contribution >= 4 is 11.6 Å². The quantitative estimate of drug-likeness (QED) is 0.757. The summed E-state index contributed by atoms with van der Waals surface area (Å²) in [6, 6.07) is 0. The first-order valence-corrected chi connectivity index (χ1v) is 6.78. The van der Waals surface area contributed by atoms with Crippen molar-refractivity contribution in [2.45, 2.75) is 33.6 Å². The Morgan fingerprint density at radius 2 is 1.95 bits per heavy atom. The maximum atomic E-state index is 5.15. The van der Waals surface area contributed by atoms with Crippen LogP contribution in [0.5, 0.6) is 0 Å². The first-order valence-electron chi connectivity index (χ1n) is 6.78. The third kappa shape index (κ3) is 4.67. The van der Waals surface area contributed by atoms with Crippen molar-refractivity contribution in [2.75, 3.05) is 37.9 Å². The lowest BCUT2D eigenvalue weighted by Gasteiger charge is -2.25. The van der Waals surface area contributed by atoms with Crippen molar-refractivity contribution in [3.05, 3.63) is 11.9 Å². The molecule has 0 aromatic carbocycles. The number of nitrogens with one attached hydrogen (secondary N) is 2. The van der Waals surface area contributed by atoms with Crippen LogP contribution in [0.2, 0.25) is 0 Å². The molecule has 0 aliphatic carbocycles. The highest BCUT2D eigenvalue weighted by Crippen LogP contribution is 2.24. The third-order valence-electron chi connectivity index (χ3n) is 3.25. The van der Waals surface area contributed by atoms with E-state index in [1.54, 1.807) is 13.4 Å². The summed E-state index contributed by atoms with van der Waals surface area (Å²) in [7, 11) is 3.62. The minimum Gasteiger partial charge on any atom is -0.385 e. The van der Waals surface area contributed by atoms with E-state index in [-0.39, 0.29) is 5.41 Å². The average molecular weight is 266 g/mol. The predicted octanol–water partition coefficient (Wildman–Crippen LogP) is 2.56. The molecule has 0 radical (unpaired) electrons. The van der Waals surface area contributed by atoms with Gasteiger partial charge >= 0.3 is 0 Å². The van der Waals surface area contributed by atoms with Gasteiger partial charge in [0.2, 0.25) is 0 Å². The molecule has 1 aromatic rings. The molecule has 0 saturated heterocycles. The minimum absolute atomic E-state index is 0.172. The van der Waals surface area contributed by atoms with E-state index in [1.807, 2.05) is 7.05 Å². The zero-order chi connectivity index (χ0) is 14.3. The van der Waals surface area contributed by atoms with Crippen LogP contribution in [-0.4, -0.2) is 37.3 Å². The van der Waals surface area contributed by atoms with Crippen LogP contribution < -0.4 is 10.6 Å². The van der Waals surface area contributed by atoms with Gasteiger partial charge in [0, 0.05) is 32.9 Å². The zero-order valence-corrected chi connectivity index (χ0v) is 12.7. The standard InChI is InChI=1S/C14H26N4O/c1-6-11-12(15-4)17-10-18-13(11)16-9-14(2,3)7-8-19-5/h10H,6-9H2,1-5H3,(H2,15,16,17,18). The zero-order valence-electron chi connectivity index (χ0n) is 12.7. The molecule has 2 N–H and O–H groups in total. The lowest BCUT2D eigenvalue weighted by Crippen LogP contribution is -2.25. The van der Waals surface area contributed by atoms with E-state index in [0.717, 1.165) is 43.2 Å². The minimum atomic E-state index is 0.172. The molecule has 0 spiro atoms. The Morgan fingerprint density at radius 1 is 1.26 bits per heavy atom. The average Bonchev–Trinajstić information content (AvgIpc) is 2.42. The number of nitrogens with zero attached hydrogens (tertiary/aromatic N) is 2. The molecule has 108 valence electrons. The molecule has 0 amide bonds. The number of rotatable bonds is 8. The summed E-state index contributed by atoms with van der Waals surface area (Å²) in [6.07, 6.45) is 3.51. The summed E-state index contributed by atoms with van der Waals surface area (Å²) in [4.78, 5) is 8.59. The molecule has 5 heteroatoms. The summed E-state index contributed by atoms with van der Waals surface area (Å²) < 4.78 is 5.15. The molecule has 5 nitrogen and oxygen atoms in total. The molecule has 0 fully saturated rings. The number of ether oxygens (including phenoxy) is 1. The fourth-order valence-corrected chi connectivity index (χ4v) is 1.90. The van der Waals surface area contributed by atoms with Crippen LogP contribution >= 0.6 is 0 Å². The second kappa shape index (κ2) is 7.28. The van der Waals surface area contributed by atoms with Crippen molar-refractivity contribution in [3.63, 3.8) is 0 Å². The number of hydrogen-bond acceptors (Lipinski definition) is 5. The van der Waals surface area contributed by atoms with Gasteiger partial charge in [0.1, 0.15) is 18.0 Å². The van der Waals surface area contributed by atoms with Gasteiger partial charge in [-0.2, -0.15) is 0 Å². The number of anilines is 2. The highest BCUT2D eigenvalue weighted by Gasteiger charge is 2.18. The van der Waals surface area contributed by atoms with Crippen molar-refractivity contribution in [1.82, 2.24) is 9.97 Å². The van der Waals surface area contributed by atoms with Crippen LogP contribution in [0, 0.1) is 5.41 Å². The molecule has 0 bridgehead atoms. The Balaban J connectivity index is 2.72. The Bertz CT molecular complexity index is 393. The second-order valence-corrected chi connectivity index (χ2v) is 5.41. The monoisotopic (exact) mass is 266 g/mol. The highest BCUT2D eigenvalue weighted by atomic mass is 16.5. The molecule has 0 aliphatic rings. The predicted molar refractivity (Wildman–Crippen MR) is 79.7 cm³/mol. The van der Waals surface area contributed by atoms with E-state index in [4.69, 9.17) is 4.74 Å². The highest BCUT2D eigenvalue weighted by molar-refractivity contribution is 5.57. The third-order valence-corrected chi connectivity index (χ3v) is 3.25. The lowest BCUT2D eigenvalue weighted by atomic mass is 9.89. The van der Waals surface area contributed by atoms with Gasteiger partial charge in [0.05, 0.1) is 0 Å². The fourth-order valence-electron chi connectivity index (χ4n) is 1.90. The SMILES string of the molecule is CCc1c(NC)ncnc1NCC(C)(C)CCOC. The summed E-state index contributed by atoms with van der Waals surface area (Å²) in [5.41, 5.74) is 1.30. The van der Waals surface area contributed by atoms with Gasteiger partial charge in [-0.05, 0) is 18.3 Å². The molecule has 19 heavy (non-hydrogen) atoms. The lowest BCUT2D eigenvalue weighted by molar-refractivity contribution is 0.157. The van der Waals surface area contributed by atoms with Crippen LogP contribution in [0.3, 0.4) is 0 Å². The van der Waals surface area contributed by atoms with E-state index in [0.29, 0.717) is 0 Å². The number of hydrogen-bond donors (Lipinski definition) is 2. The van der Waals surface area contributed by atoms with E-state index < -0.39 is 0 Å². The van der Waals surface area contributed by atoms with Gasteiger partial charge in [0.15, 0.2) is 0 Å². The van der Waals surface area contributed by atoms with Crippen molar-refractivity contribution in [3.8, 4) is 0 Å². The largest absolute Gasteiger partial charge is 0.385 e. The molecule has 1 aromatic heterocycles. The Hall–Kier alpha value is -1.36. The summed E-state index contributed by atoms with van der Waals surface area (Å²) in [5, 5.41) is 6.55. The molecular weight excluding hydrogens is 240 g/mol. The number of aromatic nitrogens is 2. The fraction of sp³-hybridized carbons (Fsp3) is 0.714. The van der Waals surface area contributed by atoms with Gasteiger partial charge < -0.3 is 15.4 Å². The summed E-state index contributed by atoms with van der Waals surface area (Å²) >= 11 is 0. The van der Waals surface area contributed by atoms with Crippen LogP contribution in [0.4, 0.5) is 11.6 Å². The Morgan fingerprint density at radius 3 is 2.53 bits per heavy atom. The van der Waals surface area contributed by atoms with Crippen molar-refractivity contribution < 1.29 is 4.74 Å². The maximum Gasteiger partial charge on any atom is 0.134 e. The first-order chi connectivity index (χ1) is 9.04. The second-order valence-electron chi connectivity index (χ2n) is 5.41. The van der Waals surface area contributed by atoms with Crippen LogP contribution in [-0.2, 0) is 11.2 Å². The van der Waals surface area contributed by atoms with E-state index in [9.17, 15) is 0 Å². The molecule has 0 aliphatic heterocycles. The topological polar surface area (TPSA) is 59.1 Å². The molecule has 1 rings (SSSR count). The molecule has 0 atom stereocenters. The van der Waals surface area contributed by atoms with Gasteiger partial charge in [0.25, 0.3) is 0 Å². The Labute approximate surface area is 116 Å². The summed E-state index contributed by atoms with van der Waals surface area (Å²) in [6.45, 7) is 8.21. The van der Waals surface area contributed by atoms with E-state index in [1.165, 1.54) is 0 Å². The first kappa shape index (κ1) is 15.7. The maximum absolute atomic E-state index is 5.15. The summed E-state index contributed by atoms with van der Waals surface area (Å²) in [5.74, 6) is 1.82. The smallest absolute Gasteiger partial charge is 0.134 e. The molecular formula is C14H26N4O. The Kier molecular flexibility index (Phi) is 6.02. The van der Waals surface area contributed by atoms with Crippen LogP contribution in [0.25, 0.3) is 0 Å². The van der Waals surface area contributed by atoms with E-state index >= 15 is 0 Å². The normalized spacial score (nSPS) is 11.4. The molecule has 1 heterocycles. The van der Waals surface area contributed by atoms with Crippen LogP contribution in [0.15, 0.2) is 6.33 Å². The van der Waals surface area contributed by atoms with Gasteiger partial charge in [-0.25, -0.2) is 9.97 Å². The van der Waals surface area contributed by atoms with E-state index in [2.05, 4.69) is 41.4 Å². The molecule has 0 saturated carbocycles. The van der Waals surface area contributed by atoms with Gasteiger partial charge in [-0.1, -0.05) is 20.8 Å². The van der Waals surface area contributed by atoms with Gasteiger partial charge in [-0.3, -0.25) is 0 Å².